The Labute approximate surface area is 101 Å². The minimum absolute atomic E-state index is 0.155. The van der Waals surface area contributed by atoms with Crippen LogP contribution in [-0.2, 0) is 6.42 Å². The van der Waals surface area contributed by atoms with Gasteiger partial charge in [0.2, 0.25) is 0 Å². The first kappa shape index (κ1) is 10.5. The zero-order chi connectivity index (χ0) is 11.7. The fraction of sp³-hybridized carbons (Fsp3) is 0.250. The van der Waals surface area contributed by atoms with Crippen LogP contribution in [0.15, 0.2) is 48.5 Å². The molecule has 2 aromatic rings. The van der Waals surface area contributed by atoms with E-state index in [1.54, 1.807) is 12.1 Å². The van der Waals surface area contributed by atoms with Crippen molar-refractivity contribution in [3.63, 3.8) is 0 Å². The molecule has 1 heteroatoms. The lowest BCUT2D eigenvalue weighted by atomic mass is 9.79. The maximum absolute atomic E-state index is 12.9. The third-order valence-electron chi connectivity index (χ3n) is 3.64. The highest BCUT2D eigenvalue weighted by Gasteiger charge is 2.20. The third-order valence-corrected chi connectivity index (χ3v) is 3.64. The van der Waals surface area contributed by atoms with E-state index in [4.69, 9.17) is 0 Å². The number of hydrogen-bond acceptors (Lipinski definition) is 0. The molecule has 0 saturated heterocycles. The van der Waals surface area contributed by atoms with E-state index in [9.17, 15) is 4.39 Å². The van der Waals surface area contributed by atoms with Crippen LogP contribution in [-0.4, -0.2) is 0 Å². The van der Waals surface area contributed by atoms with Gasteiger partial charge in [-0.05, 0) is 48.1 Å². The van der Waals surface area contributed by atoms with Gasteiger partial charge in [-0.25, -0.2) is 4.39 Å². The van der Waals surface area contributed by atoms with E-state index in [1.165, 1.54) is 36.0 Å². The Morgan fingerprint density at radius 1 is 0.941 bits per heavy atom. The first-order valence-corrected chi connectivity index (χ1v) is 6.18. The van der Waals surface area contributed by atoms with Crippen molar-refractivity contribution >= 4 is 0 Å². The summed E-state index contributed by atoms with van der Waals surface area (Å²) in [5, 5.41) is 0. The quantitative estimate of drug-likeness (QED) is 0.680. The molecule has 0 N–H and O–H groups in total. The minimum atomic E-state index is -0.155. The van der Waals surface area contributed by atoms with Gasteiger partial charge in [0.15, 0.2) is 0 Å². The van der Waals surface area contributed by atoms with E-state index in [-0.39, 0.29) is 5.82 Å². The molecule has 0 spiro atoms. The van der Waals surface area contributed by atoms with Crippen molar-refractivity contribution in [1.29, 1.82) is 0 Å². The van der Waals surface area contributed by atoms with Crippen molar-refractivity contribution in [1.82, 2.24) is 0 Å². The number of rotatable bonds is 1. The Kier molecular flexibility index (Phi) is 2.68. The molecule has 0 aliphatic heterocycles. The van der Waals surface area contributed by atoms with Crippen LogP contribution < -0.4 is 0 Å². The molecule has 17 heavy (non-hydrogen) atoms. The summed E-state index contributed by atoms with van der Waals surface area (Å²) in [4.78, 5) is 0. The Balaban J connectivity index is 2.03. The Morgan fingerprint density at radius 2 is 1.71 bits per heavy atom. The molecule has 0 saturated carbocycles. The van der Waals surface area contributed by atoms with Gasteiger partial charge < -0.3 is 0 Å². The SMILES string of the molecule is Fc1ccc(C2CCCc3ccccc32)cc1. The van der Waals surface area contributed by atoms with Gasteiger partial charge in [0.05, 0.1) is 0 Å². The van der Waals surface area contributed by atoms with E-state index in [0.717, 1.165) is 0 Å². The highest BCUT2D eigenvalue weighted by molar-refractivity contribution is 5.39. The molecule has 0 radical (unpaired) electrons. The minimum Gasteiger partial charge on any atom is -0.207 e. The molecule has 0 amide bonds. The zero-order valence-corrected chi connectivity index (χ0v) is 9.70. The second kappa shape index (κ2) is 4.33. The molecule has 0 fully saturated rings. The standard InChI is InChI=1S/C16H15F/c17-14-10-8-13(9-11-14)16-7-3-5-12-4-1-2-6-15(12)16/h1-2,4,6,8-11,16H,3,5,7H2. The van der Waals surface area contributed by atoms with Crippen LogP contribution in [0.2, 0.25) is 0 Å². The maximum Gasteiger partial charge on any atom is 0.123 e. The lowest BCUT2D eigenvalue weighted by molar-refractivity contribution is 0.607. The van der Waals surface area contributed by atoms with Gasteiger partial charge >= 0.3 is 0 Å². The number of hydrogen-bond donors (Lipinski definition) is 0. The first-order valence-electron chi connectivity index (χ1n) is 6.18. The van der Waals surface area contributed by atoms with E-state index >= 15 is 0 Å². The van der Waals surface area contributed by atoms with Gasteiger partial charge in [0.1, 0.15) is 5.82 Å². The topological polar surface area (TPSA) is 0 Å². The molecule has 1 unspecified atom stereocenters. The normalized spacial score (nSPS) is 18.8. The van der Waals surface area contributed by atoms with Gasteiger partial charge in [0.25, 0.3) is 0 Å². The van der Waals surface area contributed by atoms with Crippen LogP contribution >= 0.6 is 0 Å². The Bertz CT molecular complexity index is 513. The maximum atomic E-state index is 12.9. The molecule has 0 nitrogen and oxygen atoms in total. The average Bonchev–Trinajstić information content (AvgIpc) is 2.39. The fourth-order valence-electron chi connectivity index (χ4n) is 2.80. The van der Waals surface area contributed by atoms with Crippen LogP contribution in [0.1, 0.15) is 35.4 Å². The number of aryl methyl sites for hydroxylation is 1. The smallest absolute Gasteiger partial charge is 0.123 e. The molecule has 1 atom stereocenters. The van der Waals surface area contributed by atoms with Gasteiger partial charge in [-0.3, -0.25) is 0 Å². The predicted molar refractivity (Wildman–Crippen MR) is 67.6 cm³/mol. The summed E-state index contributed by atoms with van der Waals surface area (Å²) in [6.07, 6.45) is 3.57. The van der Waals surface area contributed by atoms with Gasteiger partial charge in [-0.2, -0.15) is 0 Å². The second-order valence-corrected chi connectivity index (χ2v) is 4.70. The molecule has 1 aliphatic rings. The largest absolute Gasteiger partial charge is 0.207 e. The lowest BCUT2D eigenvalue weighted by Gasteiger charge is -2.25. The summed E-state index contributed by atoms with van der Waals surface area (Å²) in [6, 6.07) is 15.6. The molecule has 86 valence electrons. The predicted octanol–water partition coefficient (Wildman–Crippen LogP) is 4.29. The molecule has 1 aliphatic carbocycles. The average molecular weight is 226 g/mol. The number of fused-ring (bicyclic) bond motifs is 1. The van der Waals surface area contributed by atoms with E-state index in [2.05, 4.69) is 24.3 Å². The summed E-state index contributed by atoms with van der Waals surface area (Å²) >= 11 is 0. The Hall–Kier alpha value is -1.63. The highest BCUT2D eigenvalue weighted by Crippen LogP contribution is 2.36. The lowest BCUT2D eigenvalue weighted by Crippen LogP contribution is -2.10. The van der Waals surface area contributed by atoms with Crippen LogP contribution in [0.25, 0.3) is 0 Å². The van der Waals surface area contributed by atoms with Gasteiger partial charge in [0, 0.05) is 5.92 Å². The molecule has 0 bridgehead atoms. The molecular formula is C16H15F. The Morgan fingerprint density at radius 3 is 2.53 bits per heavy atom. The van der Waals surface area contributed by atoms with Crippen molar-refractivity contribution in [2.45, 2.75) is 25.2 Å². The van der Waals surface area contributed by atoms with Crippen molar-refractivity contribution in [2.24, 2.45) is 0 Å². The zero-order valence-electron chi connectivity index (χ0n) is 9.70. The third kappa shape index (κ3) is 1.97. The van der Waals surface area contributed by atoms with Crippen molar-refractivity contribution in [3.8, 4) is 0 Å². The van der Waals surface area contributed by atoms with Crippen LogP contribution in [0.3, 0.4) is 0 Å². The van der Waals surface area contributed by atoms with Crippen LogP contribution in [0.5, 0.6) is 0 Å². The fourth-order valence-corrected chi connectivity index (χ4v) is 2.80. The summed E-state index contributed by atoms with van der Waals surface area (Å²) < 4.78 is 12.9. The van der Waals surface area contributed by atoms with Crippen LogP contribution in [0, 0.1) is 5.82 Å². The van der Waals surface area contributed by atoms with Gasteiger partial charge in [-0.15, -0.1) is 0 Å². The summed E-state index contributed by atoms with van der Waals surface area (Å²) in [7, 11) is 0. The van der Waals surface area contributed by atoms with Crippen molar-refractivity contribution < 1.29 is 4.39 Å². The summed E-state index contributed by atoms with van der Waals surface area (Å²) in [5.74, 6) is 0.290. The van der Waals surface area contributed by atoms with Crippen molar-refractivity contribution in [2.75, 3.05) is 0 Å². The molecule has 0 heterocycles. The van der Waals surface area contributed by atoms with E-state index in [0.29, 0.717) is 5.92 Å². The first-order chi connectivity index (χ1) is 8.34. The molecule has 0 aromatic heterocycles. The number of benzene rings is 2. The van der Waals surface area contributed by atoms with E-state index < -0.39 is 0 Å². The van der Waals surface area contributed by atoms with Crippen LogP contribution in [0.4, 0.5) is 4.39 Å². The second-order valence-electron chi connectivity index (χ2n) is 4.70. The van der Waals surface area contributed by atoms with Gasteiger partial charge in [-0.1, -0.05) is 36.4 Å². The van der Waals surface area contributed by atoms with E-state index in [1.807, 2.05) is 12.1 Å². The highest BCUT2D eigenvalue weighted by atomic mass is 19.1. The molecule has 2 aromatic carbocycles. The monoisotopic (exact) mass is 226 g/mol. The summed E-state index contributed by atoms with van der Waals surface area (Å²) in [6.45, 7) is 0. The number of halogens is 1. The summed E-state index contributed by atoms with van der Waals surface area (Å²) in [5.41, 5.74) is 4.11. The molecular weight excluding hydrogens is 211 g/mol. The molecule has 3 rings (SSSR count). The van der Waals surface area contributed by atoms with Crippen molar-refractivity contribution in [3.05, 3.63) is 71.0 Å².